The van der Waals surface area contributed by atoms with Crippen molar-refractivity contribution in [3.05, 3.63) is 42.0 Å². The zero-order chi connectivity index (χ0) is 16.9. The van der Waals surface area contributed by atoms with Gasteiger partial charge in [-0.25, -0.2) is 0 Å². The highest BCUT2D eigenvalue weighted by Gasteiger charge is 2.57. The molecule has 0 radical (unpaired) electrons. The molecule has 0 amide bonds. The van der Waals surface area contributed by atoms with Crippen LogP contribution in [0.1, 0.15) is 62.5 Å². The van der Waals surface area contributed by atoms with Crippen molar-refractivity contribution in [2.45, 2.75) is 63.9 Å². The third-order valence-corrected chi connectivity index (χ3v) is 7.52. The van der Waals surface area contributed by atoms with Gasteiger partial charge in [0.25, 0.3) is 0 Å². The van der Waals surface area contributed by atoms with E-state index in [0.29, 0.717) is 29.4 Å². The second-order valence-electron chi connectivity index (χ2n) is 8.65. The van der Waals surface area contributed by atoms with E-state index in [4.69, 9.17) is 0 Å². The Labute approximate surface area is 145 Å². The van der Waals surface area contributed by atoms with Crippen molar-refractivity contribution in [2.24, 2.45) is 23.2 Å². The molecule has 0 aromatic heterocycles. The molecule has 2 N–H and O–H groups in total. The van der Waals surface area contributed by atoms with E-state index in [0.717, 1.165) is 25.7 Å². The molecule has 1 aromatic carbocycles. The number of benzene rings is 1. The number of aryl methyl sites for hydroxylation is 1. The molecule has 3 aliphatic rings. The molecule has 6 atom stereocenters. The van der Waals surface area contributed by atoms with Crippen molar-refractivity contribution in [2.75, 3.05) is 0 Å². The van der Waals surface area contributed by atoms with E-state index in [9.17, 15) is 10.2 Å². The summed E-state index contributed by atoms with van der Waals surface area (Å²) in [5.74, 6) is 2.95. The second kappa shape index (κ2) is 5.91. The molecular formula is C22H30O2. The maximum atomic E-state index is 10.7. The van der Waals surface area contributed by atoms with Gasteiger partial charge in [0.2, 0.25) is 0 Å². The van der Waals surface area contributed by atoms with Crippen LogP contribution in [0.2, 0.25) is 0 Å². The molecule has 2 fully saturated rings. The number of allylic oxidation sites excluding steroid dienone is 1. The highest BCUT2D eigenvalue weighted by molar-refractivity contribution is 5.40. The molecule has 0 bridgehead atoms. The van der Waals surface area contributed by atoms with Crippen LogP contribution < -0.4 is 0 Å². The topological polar surface area (TPSA) is 40.5 Å². The van der Waals surface area contributed by atoms with Crippen molar-refractivity contribution in [3.63, 3.8) is 0 Å². The summed E-state index contributed by atoms with van der Waals surface area (Å²) in [6, 6.07) is 6.02. The molecule has 0 aliphatic heterocycles. The fraction of sp³-hybridized carbons (Fsp3) is 0.636. The van der Waals surface area contributed by atoms with Gasteiger partial charge >= 0.3 is 0 Å². The molecule has 1 aromatic rings. The van der Waals surface area contributed by atoms with Gasteiger partial charge in [0.15, 0.2) is 0 Å². The van der Waals surface area contributed by atoms with E-state index < -0.39 is 0 Å². The number of hydrogen-bond donors (Lipinski definition) is 2. The van der Waals surface area contributed by atoms with Crippen LogP contribution in [0.15, 0.2) is 30.9 Å². The van der Waals surface area contributed by atoms with Crippen molar-refractivity contribution >= 4 is 0 Å². The number of aromatic hydroxyl groups is 1. The number of hydrogen-bond acceptors (Lipinski definition) is 2. The summed E-state index contributed by atoms with van der Waals surface area (Å²) in [5, 5.41) is 20.6. The van der Waals surface area contributed by atoms with Crippen LogP contribution in [0.4, 0.5) is 0 Å². The molecule has 0 spiro atoms. The Morgan fingerprint density at radius 2 is 2.12 bits per heavy atom. The lowest BCUT2D eigenvalue weighted by atomic mass is 9.51. The first-order valence-electron chi connectivity index (χ1n) is 9.65. The first-order valence-corrected chi connectivity index (χ1v) is 9.65. The SMILES string of the molecule is C=CCC[C@H]1C[C@]2(C)[C@@H](O)CC[C@H]2[C@@H]2CCc3cc(O)ccc3[C@@H]12. The maximum absolute atomic E-state index is 10.7. The predicted molar refractivity (Wildman–Crippen MR) is 97.0 cm³/mol. The third kappa shape index (κ3) is 2.34. The summed E-state index contributed by atoms with van der Waals surface area (Å²) >= 11 is 0. The number of phenolic OH excluding ortho intramolecular Hbond substituents is 1. The Hall–Kier alpha value is -1.28. The first-order chi connectivity index (χ1) is 11.5. The minimum absolute atomic E-state index is 0.0986. The van der Waals surface area contributed by atoms with Crippen LogP contribution >= 0.6 is 0 Å². The molecule has 0 unspecified atom stereocenters. The number of rotatable bonds is 3. The summed E-state index contributed by atoms with van der Waals surface area (Å²) in [7, 11) is 0. The van der Waals surface area contributed by atoms with Gasteiger partial charge in [-0.1, -0.05) is 19.1 Å². The van der Waals surface area contributed by atoms with Gasteiger partial charge in [0.05, 0.1) is 6.10 Å². The van der Waals surface area contributed by atoms with E-state index in [1.165, 1.54) is 30.4 Å². The average Bonchev–Trinajstić information content (AvgIpc) is 2.87. The van der Waals surface area contributed by atoms with Gasteiger partial charge in [-0.2, -0.15) is 0 Å². The highest BCUT2D eigenvalue weighted by atomic mass is 16.3. The Bertz CT molecular complexity index is 637. The van der Waals surface area contributed by atoms with Crippen LogP contribution in [-0.2, 0) is 6.42 Å². The van der Waals surface area contributed by atoms with E-state index in [2.05, 4.69) is 19.6 Å². The molecule has 4 rings (SSSR count). The van der Waals surface area contributed by atoms with Gasteiger partial charge in [-0.05, 0) is 97.3 Å². The summed E-state index contributed by atoms with van der Waals surface area (Å²) < 4.78 is 0. The molecule has 2 saturated carbocycles. The molecule has 2 heteroatoms. The maximum Gasteiger partial charge on any atom is 0.115 e. The Kier molecular flexibility index (Phi) is 3.99. The Morgan fingerprint density at radius 3 is 2.92 bits per heavy atom. The van der Waals surface area contributed by atoms with Crippen molar-refractivity contribution in [3.8, 4) is 5.75 Å². The van der Waals surface area contributed by atoms with Crippen molar-refractivity contribution in [1.29, 1.82) is 0 Å². The fourth-order valence-electron chi connectivity index (χ4n) is 6.46. The van der Waals surface area contributed by atoms with Gasteiger partial charge in [0.1, 0.15) is 5.75 Å². The summed E-state index contributed by atoms with van der Waals surface area (Å²) in [5.41, 5.74) is 2.92. The van der Waals surface area contributed by atoms with Gasteiger partial charge < -0.3 is 10.2 Å². The van der Waals surface area contributed by atoms with Gasteiger partial charge in [-0.15, -0.1) is 6.58 Å². The monoisotopic (exact) mass is 326 g/mol. The number of fused-ring (bicyclic) bond motifs is 5. The minimum Gasteiger partial charge on any atom is -0.508 e. The summed E-state index contributed by atoms with van der Waals surface area (Å²) in [6.45, 7) is 6.27. The summed E-state index contributed by atoms with van der Waals surface area (Å²) in [6.07, 6.45) is 9.69. The van der Waals surface area contributed by atoms with Gasteiger partial charge in [-0.3, -0.25) is 0 Å². The number of aliphatic hydroxyl groups is 1. The van der Waals surface area contributed by atoms with Crippen LogP contribution in [0.5, 0.6) is 5.75 Å². The van der Waals surface area contributed by atoms with E-state index in [-0.39, 0.29) is 11.5 Å². The fourth-order valence-corrected chi connectivity index (χ4v) is 6.46. The molecular weight excluding hydrogens is 296 g/mol. The first kappa shape index (κ1) is 16.2. The smallest absolute Gasteiger partial charge is 0.115 e. The predicted octanol–water partition coefficient (Wildman–Crippen LogP) is 4.80. The molecule has 2 nitrogen and oxygen atoms in total. The normalized spacial score (nSPS) is 40.5. The van der Waals surface area contributed by atoms with Crippen LogP contribution in [0.25, 0.3) is 0 Å². The lowest BCUT2D eigenvalue weighted by molar-refractivity contribution is -0.0494. The highest BCUT2D eigenvalue weighted by Crippen LogP contribution is 2.63. The van der Waals surface area contributed by atoms with Crippen molar-refractivity contribution in [1.82, 2.24) is 0 Å². The Balaban J connectivity index is 1.75. The zero-order valence-electron chi connectivity index (χ0n) is 14.7. The molecule has 0 heterocycles. The summed E-state index contributed by atoms with van der Waals surface area (Å²) in [4.78, 5) is 0. The largest absolute Gasteiger partial charge is 0.508 e. The average molecular weight is 326 g/mol. The number of phenols is 1. The second-order valence-corrected chi connectivity index (χ2v) is 8.65. The van der Waals surface area contributed by atoms with Crippen LogP contribution in [-0.4, -0.2) is 16.3 Å². The lowest BCUT2D eigenvalue weighted by Gasteiger charge is -2.54. The molecule has 24 heavy (non-hydrogen) atoms. The molecule has 130 valence electrons. The van der Waals surface area contributed by atoms with Crippen LogP contribution in [0.3, 0.4) is 0 Å². The van der Waals surface area contributed by atoms with E-state index in [1.54, 1.807) is 0 Å². The van der Waals surface area contributed by atoms with Gasteiger partial charge in [0, 0.05) is 0 Å². The standard InChI is InChI=1S/C22H30O2/c1-3-4-5-15-13-22(2)19(10-11-20(22)24)18-8-6-14-12-16(23)7-9-17(14)21(15)18/h3,7,9,12,15,18-21,23-24H,1,4-6,8,10-11,13H2,2H3/t15-,18-,19-,20-,21+,22-/m0/s1. The molecule has 0 saturated heterocycles. The third-order valence-electron chi connectivity index (χ3n) is 7.52. The quantitative estimate of drug-likeness (QED) is 0.783. The van der Waals surface area contributed by atoms with Crippen LogP contribution in [0, 0.1) is 23.2 Å². The van der Waals surface area contributed by atoms with Crippen molar-refractivity contribution < 1.29 is 10.2 Å². The van der Waals surface area contributed by atoms with E-state index in [1.807, 2.05) is 18.2 Å². The van der Waals surface area contributed by atoms with E-state index >= 15 is 0 Å². The lowest BCUT2D eigenvalue weighted by Crippen LogP contribution is -2.47. The minimum atomic E-state index is -0.129. The molecule has 3 aliphatic carbocycles. The zero-order valence-corrected chi connectivity index (χ0v) is 14.7. The Morgan fingerprint density at radius 1 is 1.29 bits per heavy atom. The number of aliphatic hydroxyl groups excluding tert-OH is 1.